The van der Waals surface area contributed by atoms with E-state index in [-0.39, 0.29) is 18.0 Å². The van der Waals surface area contributed by atoms with Gasteiger partial charge in [0.05, 0.1) is 5.56 Å². The first kappa shape index (κ1) is 20.1. The molecular formula is C23H20FNO4. The molecule has 0 saturated carbocycles. The molecule has 0 aliphatic carbocycles. The van der Waals surface area contributed by atoms with Gasteiger partial charge in [-0.1, -0.05) is 36.4 Å². The van der Waals surface area contributed by atoms with Gasteiger partial charge in [0.1, 0.15) is 17.3 Å². The van der Waals surface area contributed by atoms with E-state index in [1.54, 1.807) is 48.5 Å². The lowest BCUT2D eigenvalue weighted by Crippen LogP contribution is -2.30. The Kier molecular flexibility index (Phi) is 6.95. The highest BCUT2D eigenvalue weighted by Gasteiger charge is 2.11. The van der Waals surface area contributed by atoms with Gasteiger partial charge in [-0.2, -0.15) is 0 Å². The van der Waals surface area contributed by atoms with Crippen LogP contribution in [0.2, 0.25) is 0 Å². The van der Waals surface area contributed by atoms with Gasteiger partial charge in [0.2, 0.25) is 0 Å². The zero-order chi connectivity index (χ0) is 20.5. The number of ether oxygens (including phenoxy) is 2. The second-order valence-electron chi connectivity index (χ2n) is 6.25. The second-order valence-corrected chi connectivity index (χ2v) is 6.25. The summed E-state index contributed by atoms with van der Waals surface area (Å²) in [5.41, 5.74) is 1.19. The molecule has 3 aromatic carbocycles. The normalized spacial score (nSPS) is 10.2. The van der Waals surface area contributed by atoms with Crippen LogP contribution in [0.4, 0.5) is 4.39 Å². The van der Waals surface area contributed by atoms with Gasteiger partial charge in [-0.3, -0.25) is 4.79 Å². The quantitative estimate of drug-likeness (QED) is 0.585. The fraction of sp³-hybridized carbons (Fsp3) is 0.130. The fourth-order valence-corrected chi connectivity index (χ4v) is 2.57. The molecule has 0 saturated heterocycles. The zero-order valence-electron chi connectivity index (χ0n) is 15.6. The summed E-state index contributed by atoms with van der Waals surface area (Å²) < 4.78 is 23.6. The second kappa shape index (κ2) is 10.0. The van der Waals surface area contributed by atoms with Crippen molar-refractivity contribution in [3.8, 4) is 11.5 Å². The number of hydrogen-bond acceptors (Lipinski definition) is 4. The molecule has 0 unspecified atom stereocenters. The number of halogens is 1. The van der Waals surface area contributed by atoms with Crippen LogP contribution in [0.1, 0.15) is 15.9 Å². The van der Waals surface area contributed by atoms with Gasteiger partial charge < -0.3 is 14.8 Å². The first-order valence-electron chi connectivity index (χ1n) is 9.11. The van der Waals surface area contributed by atoms with E-state index in [1.807, 2.05) is 18.2 Å². The number of benzene rings is 3. The van der Waals surface area contributed by atoms with Crippen molar-refractivity contribution in [1.82, 2.24) is 5.32 Å². The number of carbonyl (C=O) groups excluding carboxylic acids is 2. The molecule has 0 radical (unpaired) electrons. The third-order valence-corrected chi connectivity index (χ3v) is 4.03. The van der Waals surface area contributed by atoms with Gasteiger partial charge in [-0.25, -0.2) is 9.18 Å². The Hall–Kier alpha value is -3.67. The maximum Gasteiger partial charge on any atom is 0.338 e. The molecule has 6 heteroatoms. The monoisotopic (exact) mass is 393 g/mol. The van der Waals surface area contributed by atoms with Crippen molar-refractivity contribution in [3.05, 3.63) is 95.8 Å². The molecular weight excluding hydrogens is 373 g/mol. The standard InChI is InChI=1S/C23H20FNO4/c24-19-11-9-17(10-12-19)13-14-25-22(26)16-28-23(27)18-5-4-8-21(15-18)29-20-6-2-1-3-7-20/h1-12,15H,13-14,16H2,(H,25,26). The summed E-state index contributed by atoms with van der Waals surface area (Å²) in [5.74, 6) is -0.176. The van der Waals surface area contributed by atoms with E-state index in [9.17, 15) is 14.0 Å². The van der Waals surface area contributed by atoms with Crippen LogP contribution < -0.4 is 10.1 Å². The summed E-state index contributed by atoms with van der Waals surface area (Å²) in [5, 5.41) is 2.66. The van der Waals surface area contributed by atoms with Crippen molar-refractivity contribution in [2.24, 2.45) is 0 Å². The summed E-state index contributed by atoms with van der Waals surface area (Å²) in [6.07, 6.45) is 0.554. The van der Waals surface area contributed by atoms with Crippen LogP contribution in [0, 0.1) is 5.82 Å². The lowest BCUT2D eigenvalue weighted by Gasteiger charge is -2.09. The fourth-order valence-electron chi connectivity index (χ4n) is 2.57. The molecule has 0 aliphatic rings. The Balaban J connectivity index is 1.44. The van der Waals surface area contributed by atoms with Gasteiger partial charge >= 0.3 is 5.97 Å². The predicted molar refractivity (Wildman–Crippen MR) is 106 cm³/mol. The Bertz CT molecular complexity index is 958. The van der Waals surface area contributed by atoms with Crippen LogP contribution in [-0.4, -0.2) is 25.0 Å². The molecule has 29 heavy (non-hydrogen) atoms. The Labute approximate surface area is 168 Å². The first-order chi connectivity index (χ1) is 14.1. The zero-order valence-corrected chi connectivity index (χ0v) is 15.6. The highest BCUT2D eigenvalue weighted by atomic mass is 19.1. The Morgan fingerprint density at radius 3 is 2.34 bits per heavy atom. The lowest BCUT2D eigenvalue weighted by atomic mass is 10.1. The summed E-state index contributed by atoms with van der Waals surface area (Å²) in [6, 6.07) is 21.8. The number of amides is 1. The Morgan fingerprint density at radius 2 is 1.59 bits per heavy atom. The van der Waals surface area contributed by atoms with Gasteiger partial charge in [0.25, 0.3) is 5.91 Å². The van der Waals surface area contributed by atoms with E-state index < -0.39 is 11.9 Å². The molecule has 3 rings (SSSR count). The van der Waals surface area contributed by atoms with Crippen LogP contribution in [0.3, 0.4) is 0 Å². The van der Waals surface area contributed by atoms with Crippen LogP contribution in [-0.2, 0) is 16.0 Å². The average molecular weight is 393 g/mol. The maximum atomic E-state index is 12.9. The van der Waals surface area contributed by atoms with Gasteiger partial charge in [-0.15, -0.1) is 0 Å². The van der Waals surface area contributed by atoms with Crippen LogP contribution in [0.15, 0.2) is 78.9 Å². The van der Waals surface area contributed by atoms with E-state index >= 15 is 0 Å². The molecule has 1 amide bonds. The van der Waals surface area contributed by atoms with Crippen molar-refractivity contribution in [3.63, 3.8) is 0 Å². The number of para-hydroxylation sites is 1. The molecule has 0 heterocycles. The molecule has 0 fully saturated rings. The van der Waals surface area contributed by atoms with Crippen LogP contribution in [0.5, 0.6) is 11.5 Å². The number of carbonyl (C=O) groups is 2. The number of nitrogens with one attached hydrogen (secondary N) is 1. The van der Waals surface area contributed by atoms with Crippen molar-refractivity contribution in [2.45, 2.75) is 6.42 Å². The highest BCUT2D eigenvalue weighted by molar-refractivity contribution is 5.91. The largest absolute Gasteiger partial charge is 0.457 e. The summed E-state index contributed by atoms with van der Waals surface area (Å²) in [6.45, 7) is -0.0194. The van der Waals surface area contributed by atoms with E-state index in [2.05, 4.69) is 5.32 Å². The molecule has 0 bridgehead atoms. The van der Waals surface area contributed by atoms with E-state index in [4.69, 9.17) is 9.47 Å². The minimum absolute atomic E-state index is 0.289. The molecule has 0 spiro atoms. The van der Waals surface area contributed by atoms with Crippen molar-refractivity contribution >= 4 is 11.9 Å². The van der Waals surface area contributed by atoms with E-state index in [1.165, 1.54) is 12.1 Å². The number of esters is 1. The highest BCUT2D eigenvalue weighted by Crippen LogP contribution is 2.22. The topological polar surface area (TPSA) is 64.6 Å². The molecule has 0 aromatic heterocycles. The number of hydrogen-bond donors (Lipinski definition) is 1. The van der Waals surface area contributed by atoms with Crippen LogP contribution >= 0.6 is 0 Å². The maximum absolute atomic E-state index is 12.9. The van der Waals surface area contributed by atoms with Gasteiger partial charge in [0, 0.05) is 6.54 Å². The molecule has 1 N–H and O–H groups in total. The smallest absolute Gasteiger partial charge is 0.338 e. The molecule has 0 atom stereocenters. The molecule has 148 valence electrons. The summed E-state index contributed by atoms with van der Waals surface area (Å²) in [7, 11) is 0. The Morgan fingerprint density at radius 1 is 0.862 bits per heavy atom. The summed E-state index contributed by atoms with van der Waals surface area (Å²) >= 11 is 0. The molecule has 3 aromatic rings. The molecule has 5 nitrogen and oxygen atoms in total. The van der Waals surface area contributed by atoms with Crippen LogP contribution in [0.25, 0.3) is 0 Å². The van der Waals surface area contributed by atoms with Crippen molar-refractivity contribution in [1.29, 1.82) is 0 Å². The van der Waals surface area contributed by atoms with Gasteiger partial charge in [-0.05, 0) is 54.4 Å². The number of rotatable bonds is 8. The summed E-state index contributed by atoms with van der Waals surface area (Å²) in [4.78, 5) is 24.0. The average Bonchev–Trinajstić information content (AvgIpc) is 2.74. The van der Waals surface area contributed by atoms with Crippen molar-refractivity contribution in [2.75, 3.05) is 13.2 Å². The third-order valence-electron chi connectivity index (χ3n) is 4.03. The first-order valence-corrected chi connectivity index (χ1v) is 9.11. The minimum atomic E-state index is -0.614. The van der Waals surface area contributed by atoms with E-state index in [0.717, 1.165) is 5.56 Å². The van der Waals surface area contributed by atoms with Crippen molar-refractivity contribution < 1.29 is 23.5 Å². The SMILES string of the molecule is O=C(COC(=O)c1cccc(Oc2ccccc2)c1)NCCc1ccc(F)cc1. The van der Waals surface area contributed by atoms with E-state index in [0.29, 0.717) is 24.5 Å². The van der Waals surface area contributed by atoms with Gasteiger partial charge in [0.15, 0.2) is 6.61 Å². The molecule has 0 aliphatic heterocycles. The predicted octanol–water partition coefficient (Wildman–Crippen LogP) is 4.13. The lowest BCUT2D eigenvalue weighted by molar-refractivity contribution is -0.124. The minimum Gasteiger partial charge on any atom is -0.457 e. The third kappa shape index (κ3) is 6.46.